The van der Waals surface area contributed by atoms with Crippen molar-refractivity contribution in [2.45, 2.75) is 25.8 Å². The molecule has 0 aliphatic rings. The standard InChI is InChI=1S/C12H16N2/c1-4-5-8-12(13-3)11-7-6-9-14-10(11)2/h1,6-7,9,12-13H,5,8H2,2-3H3. The third kappa shape index (κ3) is 2.58. The zero-order valence-electron chi connectivity index (χ0n) is 8.75. The lowest BCUT2D eigenvalue weighted by Gasteiger charge is -2.16. The molecule has 74 valence electrons. The fraction of sp³-hybridized carbons (Fsp3) is 0.417. The number of terminal acetylenes is 1. The van der Waals surface area contributed by atoms with Crippen molar-refractivity contribution >= 4 is 0 Å². The molecule has 0 fully saturated rings. The Morgan fingerprint density at radius 3 is 3.00 bits per heavy atom. The lowest BCUT2D eigenvalue weighted by Crippen LogP contribution is -2.17. The Hall–Kier alpha value is -1.33. The van der Waals surface area contributed by atoms with Gasteiger partial charge in [0.05, 0.1) is 0 Å². The van der Waals surface area contributed by atoms with Gasteiger partial charge in [-0.15, -0.1) is 12.3 Å². The van der Waals surface area contributed by atoms with E-state index in [1.54, 1.807) is 0 Å². The van der Waals surface area contributed by atoms with Crippen molar-refractivity contribution in [3.8, 4) is 12.3 Å². The molecule has 14 heavy (non-hydrogen) atoms. The summed E-state index contributed by atoms with van der Waals surface area (Å²) < 4.78 is 0. The van der Waals surface area contributed by atoms with Gasteiger partial charge in [-0.25, -0.2) is 0 Å². The first-order chi connectivity index (χ1) is 6.79. The summed E-state index contributed by atoms with van der Waals surface area (Å²) in [6.45, 7) is 2.02. The molecule has 0 saturated carbocycles. The van der Waals surface area contributed by atoms with Crippen molar-refractivity contribution in [1.29, 1.82) is 0 Å². The molecule has 1 heterocycles. The topological polar surface area (TPSA) is 24.9 Å². The van der Waals surface area contributed by atoms with Crippen molar-refractivity contribution in [2.24, 2.45) is 0 Å². The lowest BCUT2D eigenvalue weighted by molar-refractivity contribution is 0.553. The minimum Gasteiger partial charge on any atom is -0.313 e. The molecule has 1 N–H and O–H groups in total. The van der Waals surface area contributed by atoms with Gasteiger partial charge in [-0.3, -0.25) is 4.98 Å². The van der Waals surface area contributed by atoms with Crippen LogP contribution in [0.25, 0.3) is 0 Å². The van der Waals surface area contributed by atoms with Gasteiger partial charge in [-0.1, -0.05) is 6.07 Å². The van der Waals surface area contributed by atoms with E-state index in [1.807, 2.05) is 26.2 Å². The molecule has 1 unspecified atom stereocenters. The smallest absolute Gasteiger partial charge is 0.0420 e. The minimum absolute atomic E-state index is 0.319. The predicted octanol–water partition coefficient (Wildman–Crippen LogP) is 2.06. The van der Waals surface area contributed by atoms with E-state index in [2.05, 4.69) is 22.3 Å². The number of pyridine rings is 1. The summed E-state index contributed by atoms with van der Waals surface area (Å²) in [5.74, 6) is 2.66. The summed E-state index contributed by atoms with van der Waals surface area (Å²) in [7, 11) is 1.95. The second-order valence-electron chi connectivity index (χ2n) is 3.26. The Bertz CT molecular complexity index is 325. The fourth-order valence-electron chi connectivity index (χ4n) is 1.55. The first kappa shape index (κ1) is 10.7. The summed E-state index contributed by atoms with van der Waals surface area (Å²) in [6, 6.07) is 4.38. The minimum atomic E-state index is 0.319. The summed E-state index contributed by atoms with van der Waals surface area (Å²) in [5.41, 5.74) is 2.31. The molecule has 0 aromatic carbocycles. The summed E-state index contributed by atoms with van der Waals surface area (Å²) in [6.07, 6.45) is 8.82. The van der Waals surface area contributed by atoms with E-state index < -0.39 is 0 Å². The lowest BCUT2D eigenvalue weighted by atomic mass is 10.0. The van der Waals surface area contributed by atoms with E-state index in [0.29, 0.717) is 6.04 Å². The number of nitrogens with one attached hydrogen (secondary N) is 1. The predicted molar refractivity (Wildman–Crippen MR) is 58.8 cm³/mol. The average molecular weight is 188 g/mol. The van der Waals surface area contributed by atoms with Crippen molar-refractivity contribution in [3.63, 3.8) is 0 Å². The van der Waals surface area contributed by atoms with E-state index >= 15 is 0 Å². The van der Waals surface area contributed by atoms with E-state index in [-0.39, 0.29) is 0 Å². The number of hydrogen-bond donors (Lipinski definition) is 1. The van der Waals surface area contributed by atoms with E-state index in [4.69, 9.17) is 6.42 Å². The quantitative estimate of drug-likeness (QED) is 0.732. The Balaban J connectivity index is 2.79. The molecule has 2 heteroatoms. The van der Waals surface area contributed by atoms with Crippen LogP contribution in [-0.4, -0.2) is 12.0 Å². The van der Waals surface area contributed by atoms with Gasteiger partial charge in [0.1, 0.15) is 0 Å². The van der Waals surface area contributed by atoms with Gasteiger partial charge in [-0.2, -0.15) is 0 Å². The molecule has 0 bridgehead atoms. The molecule has 0 radical (unpaired) electrons. The monoisotopic (exact) mass is 188 g/mol. The van der Waals surface area contributed by atoms with Crippen LogP contribution in [0.1, 0.15) is 30.1 Å². The highest BCUT2D eigenvalue weighted by atomic mass is 14.9. The van der Waals surface area contributed by atoms with Crippen LogP contribution in [0.15, 0.2) is 18.3 Å². The van der Waals surface area contributed by atoms with Gasteiger partial charge in [0, 0.05) is 24.4 Å². The fourth-order valence-corrected chi connectivity index (χ4v) is 1.55. The molecule has 0 aliphatic carbocycles. The highest BCUT2D eigenvalue weighted by Crippen LogP contribution is 2.19. The van der Waals surface area contributed by atoms with Crippen molar-refractivity contribution in [3.05, 3.63) is 29.6 Å². The van der Waals surface area contributed by atoms with Crippen LogP contribution < -0.4 is 5.32 Å². The molecule has 0 saturated heterocycles. The summed E-state index contributed by atoms with van der Waals surface area (Å²) >= 11 is 0. The SMILES string of the molecule is C#CCCC(NC)c1cccnc1C. The number of aryl methyl sites for hydroxylation is 1. The first-order valence-electron chi connectivity index (χ1n) is 4.81. The molecule has 2 nitrogen and oxygen atoms in total. The van der Waals surface area contributed by atoms with Gasteiger partial charge < -0.3 is 5.32 Å². The van der Waals surface area contributed by atoms with Crippen LogP contribution in [0.4, 0.5) is 0 Å². The third-order valence-corrected chi connectivity index (χ3v) is 2.35. The van der Waals surface area contributed by atoms with Gasteiger partial charge in [0.2, 0.25) is 0 Å². The zero-order chi connectivity index (χ0) is 10.4. The highest BCUT2D eigenvalue weighted by molar-refractivity contribution is 5.22. The van der Waals surface area contributed by atoms with Crippen molar-refractivity contribution in [2.75, 3.05) is 7.05 Å². The zero-order valence-corrected chi connectivity index (χ0v) is 8.75. The van der Waals surface area contributed by atoms with Gasteiger partial charge in [0.25, 0.3) is 0 Å². The van der Waals surface area contributed by atoms with Gasteiger partial charge >= 0.3 is 0 Å². The molecule has 0 spiro atoms. The Morgan fingerprint density at radius 2 is 2.43 bits per heavy atom. The molecule has 1 rings (SSSR count). The van der Waals surface area contributed by atoms with Crippen LogP contribution in [-0.2, 0) is 0 Å². The van der Waals surface area contributed by atoms with Crippen molar-refractivity contribution in [1.82, 2.24) is 10.3 Å². The third-order valence-electron chi connectivity index (χ3n) is 2.35. The molecule has 1 atom stereocenters. The maximum absolute atomic E-state index is 5.25. The largest absolute Gasteiger partial charge is 0.313 e. The van der Waals surface area contributed by atoms with E-state index in [1.165, 1.54) is 5.56 Å². The van der Waals surface area contributed by atoms with Gasteiger partial charge in [-0.05, 0) is 32.0 Å². The number of rotatable bonds is 4. The molecule has 1 aromatic heterocycles. The maximum Gasteiger partial charge on any atom is 0.0420 e. The first-order valence-corrected chi connectivity index (χ1v) is 4.81. The number of hydrogen-bond acceptors (Lipinski definition) is 2. The van der Waals surface area contributed by atoms with Crippen LogP contribution in [0.3, 0.4) is 0 Å². The van der Waals surface area contributed by atoms with Crippen LogP contribution >= 0.6 is 0 Å². The molecule has 1 aromatic rings. The Morgan fingerprint density at radius 1 is 1.64 bits per heavy atom. The maximum atomic E-state index is 5.25. The van der Waals surface area contributed by atoms with E-state index in [9.17, 15) is 0 Å². The molecule has 0 amide bonds. The normalized spacial score (nSPS) is 12.1. The van der Waals surface area contributed by atoms with Crippen LogP contribution in [0.2, 0.25) is 0 Å². The molecule has 0 aliphatic heterocycles. The van der Waals surface area contributed by atoms with Crippen LogP contribution in [0.5, 0.6) is 0 Å². The Labute approximate surface area is 85.8 Å². The summed E-state index contributed by atoms with van der Waals surface area (Å²) in [5, 5.41) is 3.26. The molecular weight excluding hydrogens is 172 g/mol. The second kappa shape index (κ2) is 5.41. The van der Waals surface area contributed by atoms with E-state index in [0.717, 1.165) is 18.5 Å². The van der Waals surface area contributed by atoms with Crippen molar-refractivity contribution < 1.29 is 0 Å². The van der Waals surface area contributed by atoms with Gasteiger partial charge in [0.15, 0.2) is 0 Å². The van der Waals surface area contributed by atoms with Crippen LogP contribution in [0, 0.1) is 19.3 Å². The number of aromatic nitrogens is 1. The summed E-state index contributed by atoms with van der Waals surface area (Å²) in [4.78, 5) is 4.26. The Kier molecular flexibility index (Phi) is 4.15. The number of nitrogens with zero attached hydrogens (tertiary/aromatic N) is 1. The average Bonchev–Trinajstić information content (AvgIpc) is 2.21. The second-order valence-corrected chi connectivity index (χ2v) is 3.26. The molecular formula is C12H16N2. The highest BCUT2D eigenvalue weighted by Gasteiger charge is 2.10.